The fourth-order valence-electron chi connectivity index (χ4n) is 1.81. The van der Waals surface area contributed by atoms with Gasteiger partial charge in [-0.15, -0.1) is 11.3 Å². The highest BCUT2D eigenvalue weighted by atomic mass is 32.2. The second-order valence-electron chi connectivity index (χ2n) is 4.43. The molecular weight excluding hydrogens is 310 g/mol. The lowest BCUT2D eigenvalue weighted by atomic mass is 10.2. The van der Waals surface area contributed by atoms with Gasteiger partial charge in [-0.2, -0.15) is 0 Å². The Balaban J connectivity index is 1.88. The first-order chi connectivity index (χ1) is 10.0. The van der Waals surface area contributed by atoms with E-state index in [4.69, 9.17) is 9.84 Å². The van der Waals surface area contributed by atoms with E-state index in [-0.39, 0.29) is 24.7 Å². The highest BCUT2D eigenvalue weighted by Crippen LogP contribution is 2.21. The van der Waals surface area contributed by atoms with Crippen molar-refractivity contribution in [1.82, 2.24) is 4.72 Å². The summed E-state index contributed by atoms with van der Waals surface area (Å²) in [6.07, 6.45) is 0. The van der Waals surface area contributed by atoms with Crippen LogP contribution in [0.2, 0.25) is 0 Å². The van der Waals surface area contributed by atoms with Crippen molar-refractivity contribution in [1.29, 1.82) is 0 Å². The molecule has 0 amide bonds. The summed E-state index contributed by atoms with van der Waals surface area (Å²) in [5.74, 6) is 0.709. The number of benzene rings is 1. The van der Waals surface area contributed by atoms with Gasteiger partial charge in [0.1, 0.15) is 12.4 Å². The Morgan fingerprint density at radius 2 is 2.14 bits per heavy atom. The van der Waals surface area contributed by atoms with Crippen molar-refractivity contribution in [3.63, 3.8) is 0 Å². The van der Waals surface area contributed by atoms with Crippen LogP contribution in [0.5, 0.6) is 5.75 Å². The predicted octanol–water partition coefficient (Wildman–Crippen LogP) is 1.91. The Kier molecular flexibility index (Phi) is 5.35. The highest BCUT2D eigenvalue weighted by Gasteiger charge is 2.18. The summed E-state index contributed by atoms with van der Waals surface area (Å²) in [6, 6.07) is 9.04. The molecule has 114 valence electrons. The molecule has 0 bridgehead atoms. The van der Waals surface area contributed by atoms with Gasteiger partial charge in [-0.05, 0) is 36.1 Å². The average molecular weight is 327 g/mol. The largest absolute Gasteiger partial charge is 0.492 e. The van der Waals surface area contributed by atoms with Crippen LogP contribution in [0.15, 0.2) is 40.6 Å². The number of aliphatic hydroxyl groups excluding tert-OH is 1. The van der Waals surface area contributed by atoms with Gasteiger partial charge in [0.25, 0.3) is 0 Å². The third-order valence-electron chi connectivity index (χ3n) is 2.79. The van der Waals surface area contributed by atoms with Crippen molar-refractivity contribution in [3.05, 3.63) is 46.2 Å². The van der Waals surface area contributed by atoms with Gasteiger partial charge < -0.3 is 9.84 Å². The molecule has 0 spiro atoms. The maximum atomic E-state index is 12.1. The monoisotopic (exact) mass is 327 g/mol. The van der Waals surface area contributed by atoms with E-state index in [0.717, 1.165) is 5.56 Å². The SMILES string of the molecule is Cc1cccc(OCCNS(=O)(=O)c2ccsc2CO)c1. The highest BCUT2D eigenvalue weighted by molar-refractivity contribution is 7.89. The quantitative estimate of drug-likeness (QED) is 0.762. The molecule has 2 aromatic rings. The number of hydrogen-bond acceptors (Lipinski definition) is 5. The number of ether oxygens (including phenoxy) is 1. The van der Waals surface area contributed by atoms with Gasteiger partial charge in [0, 0.05) is 11.4 Å². The summed E-state index contributed by atoms with van der Waals surface area (Å²) in [5.41, 5.74) is 1.08. The third kappa shape index (κ3) is 4.28. The molecule has 1 aromatic heterocycles. The molecule has 0 aliphatic heterocycles. The smallest absolute Gasteiger partial charge is 0.241 e. The first-order valence-electron chi connectivity index (χ1n) is 6.39. The lowest BCUT2D eigenvalue weighted by Gasteiger charge is -2.09. The van der Waals surface area contributed by atoms with Crippen molar-refractivity contribution >= 4 is 21.4 Å². The summed E-state index contributed by atoms with van der Waals surface area (Å²) >= 11 is 1.21. The average Bonchev–Trinajstić information content (AvgIpc) is 2.93. The molecule has 1 aromatic carbocycles. The van der Waals surface area contributed by atoms with Crippen molar-refractivity contribution in [2.24, 2.45) is 0 Å². The Morgan fingerprint density at radius 3 is 2.86 bits per heavy atom. The van der Waals surface area contributed by atoms with Gasteiger partial charge >= 0.3 is 0 Å². The van der Waals surface area contributed by atoms with Crippen molar-refractivity contribution in [3.8, 4) is 5.75 Å². The summed E-state index contributed by atoms with van der Waals surface area (Å²) in [6.45, 7) is 2.08. The van der Waals surface area contributed by atoms with Crippen molar-refractivity contribution in [2.45, 2.75) is 18.4 Å². The van der Waals surface area contributed by atoms with Crippen LogP contribution >= 0.6 is 11.3 Å². The van der Waals surface area contributed by atoms with E-state index in [1.807, 2.05) is 31.2 Å². The van der Waals surface area contributed by atoms with Crippen molar-refractivity contribution in [2.75, 3.05) is 13.2 Å². The molecule has 2 rings (SSSR count). The zero-order valence-electron chi connectivity index (χ0n) is 11.6. The molecule has 21 heavy (non-hydrogen) atoms. The van der Waals surface area contributed by atoms with E-state index < -0.39 is 10.0 Å². The summed E-state index contributed by atoms with van der Waals surface area (Å²) in [4.78, 5) is 0.563. The molecule has 0 aliphatic carbocycles. The number of nitrogens with one attached hydrogen (secondary N) is 1. The fraction of sp³-hybridized carbons (Fsp3) is 0.286. The molecule has 1 heterocycles. The number of aryl methyl sites for hydroxylation is 1. The van der Waals surface area contributed by atoms with Crippen LogP contribution in [0.25, 0.3) is 0 Å². The van der Waals surface area contributed by atoms with Crippen LogP contribution in [0.3, 0.4) is 0 Å². The number of sulfonamides is 1. The molecule has 0 fully saturated rings. The predicted molar refractivity (Wildman–Crippen MR) is 82.1 cm³/mol. The molecule has 0 saturated heterocycles. The van der Waals surface area contributed by atoms with E-state index in [9.17, 15) is 8.42 Å². The van der Waals surface area contributed by atoms with Crippen LogP contribution in [-0.2, 0) is 16.6 Å². The lowest BCUT2D eigenvalue weighted by molar-refractivity contribution is 0.282. The first kappa shape index (κ1) is 16.0. The second-order valence-corrected chi connectivity index (χ2v) is 7.16. The van der Waals surface area contributed by atoms with Crippen LogP contribution in [0.4, 0.5) is 0 Å². The van der Waals surface area contributed by atoms with E-state index >= 15 is 0 Å². The summed E-state index contributed by atoms with van der Waals surface area (Å²) in [7, 11) is -3.60. The van der Waals surface area contributed by atoms with Crippen LogP contribution < -0.4 is 9.46 Å². The molecule has 0 radical (unpaired) electrons. The number of aliphatic hydroxyl groups is 1. The minimum Gasteiger partial charge on any atom is -0.492 e. The lowest BCUT2D eigenvalue weighted by Crippen LogP contribution is -2.28. The minimum atomic E-state index is -3.60. The van der Waals surface area contributed by atoms with E-state index in [1.165, 1.54) is 17.4 Å². The molecule has 0 aliphatic rings. The Hall–Kier alpha value is -1.41. The Labute approximate surface area is 128 Å². The Bertz CT molecular complexity index is 695. The van der Waals surface area contributed by atoms with Gasteiger partial charge in [-0.25, -0.2) is 13.1 Å². The van der Waals surface area contributed by atoms with Crippen LogP contribution in [-0.4, -0.2) is 26.7 Å². The van der Waals surface area contributed by atoms with Gasteiger partial charge in [0.15, 0.2) is 0 Å². The zero-order valence-corrected chi connectivity index (χ0v) is 13.2. The minimum absolute atomic E-state index is 0.130. The second kappa shape index (κ2) is 7.04. The maximum absolute atomic E-state index is 12.1. The number of rotatable bonds is 7. The standard InChI is InChI=1S/C14H17NO4S2/c1-11-3-2-4-12(9-11)19-7-6-15-21(17,18)14-5-8-20-13(14)10-16/h2-5,8-9,15-16H,6-7,10H2,1H3. The number of thiophene rings is 1. The topological polar surface area (TPSA) is 75.6 Å². The molecule has 5 nitrogen and oxygen atoms in total. The van der Waals surface area contributed by atoms with Crippen LogP contribution in [0.1, 0.15) is 10.4 Å². The molecule has 2 N–H and O–H groups in total. The Morgan fingerprint density at radius 1 is 1.33 bits per heavy atom. The van der Waals surface area contributed by atoms with Gasteiger partial charge in [0.2, 0.25) is 10.0 Å². The van der Waals surface area contributed by atoms with Gasteiger partial charge in [-0.3, -0.25) is 0 Å². The summed E-state index contributed by atoms with van der Waals surface area (Å²) < 4.78 is 32.1. The maximum Gasteiger partial charge on any atom is 0.241 e. The molecule has 7 heteroatoms. The van der Waals surface area contributed by atoms with E-state index in [1.54, 1.807) is 5.38 Å². The molecule has 0 saturated carbocycles. The first-order valence-corrected chi connectivity index (χ1v) is 8.75. The molecule has 0 atom stereocenters. The zero-order chi connectivity index (χ0) is 15.3. The van der Waals surface area contributed by atoms with Gasteiger partial charge in [-0.1, -0.05) is 12.1 Å². The van der Waals surface area contributed by atoms with E-state index in [2.05, 4.69) is 4.72 Å². The normalized spacial score (nSPS) is 11.5. The van der Waals surface area contributed by atoms with Gasteiger partial charge in [0.05, 0.1) is 11.5 Å². The third-order valence-corrected chi connectivity index (χ3v) is 5.37. The number of hydrogen-bond donors (Lipinski definition) is 2. The molecular formula is C14H17NO4S2. The fourth-order valence-corrected chi connectivity index (χ4v) is 4.12. The van der Waals surface area contributed by atoms with E-state index in [0.29, 0.717) is 10.6 Å². The summed E-state index contributed by atoms with van der Waals surface area (Å²) in [5, 5.41) is 10.8. The molecule has 0 unspecified atom stereocenters. The van der Waals surface area contributed by atoms with Crippen LogP contribution in [0, 0.1) is 6.92 Å². The van der Waals surface area contributed by atoms with Crippen molar-refractivity contribution < 1.29 is 18.3 Å².